The zero-order valence-electron chi connectivity index (χ0n) is 36.2. The van der Waals surface area contributed by atoms with Crippen molar-refractivity contribution < 1.29 is 61.7 Å². The number of halogens is 1. The molecule has 3 aliphatic heterocycles. The summed E-state index contributed by atoms with van der Waals surface area (Å²) in [7, 11) is 5.13. The average Bonchev–Trinajstić information content (AvgIpc) is 3.79. The van der Waals surface area contributed by atoms with E-state index < -0.39 is 94.9 Å². The summed E-state index contributed by atoms with van der Waals surface area (Å²) >= 11 is 0. The van der Waals surface area contributed by atoms with Crippen molar-refractivity contribution in [2.75, 3.05) is 21.2 Å². The molecule has 0 aromatic carbocycles. The number of amidine groups is 1. The van der Waals surface area contributed by atoms with Gasteiger partial charge in [0.05, 0.1) is 23.5 Å². The van der Waals surface area contributed by atoms with Crippen molar-refractivity contribution in [2.45, 2.75) is 129 Å². The number of aromatic nitrogens is 2. The van der Waals surface area contributed by atoms with Crippen LogP contribution in [-0.2, 0) is 54.3 Å². The second kappa shape index (κ2) is 18.7. The largest absolute Gasteiger partial charge is 0.458 e. The van der Waals surface area contributed by atoms with Gasteiger partial charge in [0.15, 0.2) is 35.9 Å². The van der Waals surface area contributed by atoms with E-state index in [-0.39, 0.29) is 60.4 Å². The van der Waals surface area contributed by atoms with Crippen molar-refractivity contribution in [1.29, 1.82) is 0 Å². The van der Waals surface area contributed by atoms with E-state index in [9.17, 15) is 28.7 Å². The van der Waals surface area contributed by atoms with E-state index in [4.69, 9.17) is 38.8 Å². The molecule has 2 aromatic heterocycles. The second-order valence-corrected chi connectivity index (χ2v) is 17.1. The monoisotopic (exact) mass is 845 g/mol. The third-order valence-electron chi connectivity index (χ3n) is 12.6. The number of methoxy groups -OCH3 is 1. The lowest BCUT2D eigenvalue weighted by atomic mass is 9.67. The molecule has 5 heterocycles. The number of fused-ring (bicyclic) bond motifs is 1. The summed E-state index contributed by atoms with van der Waals surface area (Å²) in [6, 6.07) is 3.55. The van der Waals surface area contributed by atoms with E-state index in [0.717, 1.165) is 0 Å². The van der Waals surface area contributed by atoms with Gasteiger partial charge in [0.1, 0.15) is 41.3 Å². The molecule has 18 heteroatoms. The molecule has 0 saturated carbocycles. The van der Waals surface area contributed by atoms with E-state index in [0.29, 0.717) is 6.42 Å². The number of nitrogens with two attached hydrogens (primary N) is 1. The summed E-state index contributed by atoms with van der Waals surface area (Å²) in [5.74, 6) is -9.55. The minimum Gasteiger partial charge on any atom is -0.458 e. The molecule has 332 valence electrons. The van der Waals surface area contributed by atoms with E-state index in [1.165, 1.54) is 38.4 Å². The van der Waals surface area contributed by atoms with Crippen LogP contribution in [0, 0.1) is 41.3 Å². The van der Waals surface area contributed by atoms with E-state index in [2.05, 4.69) is 15.3 Å². The van der Waals surface area contributed by atoms with Gasteiger partial charge in [0.2, 0.25) is 0 Å². The van der Waals surface area contributed by atoms with Crippen LogP contribution in [0.3, 0.4) is 0 Å². The fraction of sp³-hybridized carbons (Fsp3) is 0.690. The minimum atomic E-state index is -1.61. The van der Waals surface area contributed by atoms with Crippen molar-refractivity contribution in [3.63, 3.8) is 0 Å². The quantitative estimate of drug-likeness (QED) is 0.114. The minimum absolute atomic E-state index is 0.0281. The number of rotatable bonds is 10. The Bertz CT molecular complexity index is 1910. The molecule has 5 rings (SSSR count). The van der Waals surface area contributed by atoms with Crippen LogP contribution < -0.4 is 5.73 Å². The average molecular weight is 846 g/mol. The number of esters is 2. The van der Waals surface area contributed by atoms with E-state index in [1.807, 2.05) is 25.9 Å². The topological polar surface area (TPSA) is 224 Å². The predicted octanol–water partition coefficient (Wildman–Crippen LogP) is 3.84. The van der Waals surface area contributed by atoms with Crippen LogP contribution in [0.15, 0.2) is 34.1 Å². The Morgan fingerprint density at radius 1 is 1.05 bits per heavy atom. The molecule has 0 amide bonds. The van der Waals surface area contributed by atoms with Crippen molar-refractivity contribution in [3.8, 4) is 11.4 Å². The van der Waals surface area contributed by atoms with Crippen LogP contribution in [0.1, 0.15) is 80.4 Å². The maximum Gasteiger partial charge on any atom is 0.317 e. The van der Waals surface area contributed by atoms with Crippen LogP contribution in [0.25, 0.3) is 11.4 Å². The fourth-order valence-electron chi connectivity index (χ4n) is 9.22. The summed E-state index contributed by atoms with van der Waals surface area (Å²) in [6.45, 7) is 13.0. The molecule has 3 fully saturated rings. The highest BCUT2D eigenvalue weighted by Gasteiger charge is 2.62. The lowest BCUT2D eigenvalue weighted by Crippen LogP contribution is -2.59. The van der Waals surface area contributed by atoms with Gasteiger partial charge >= 0.3 is 11.9 Å². The van der Waals surface area contributed by atoms with Gasteiger partial charge in [-0.2, -0.15) is 0 Å². The molecule has 3 N–H and O–H groups in total. The second-order valence-electron chi connectivity index (χ2n) is 17.1. The zero-order valence-corrected chi connectivity index (χ0v) is 36.2. The number of aliphatic hydroxyl groups excluding tert-OH is 1. The maximum atomic E-state index is 14.7. The summed E-state index contributed by atoms with van der Waals surface area (Å²) in [5, 5.41) is 19.4. The number of pyridine rings is 1. The van der Waals surface area contributed by atoms with Gasteiger partial charge in [-0.3, -0.25) is 24.2 Å². The molecule has 0 bridgehead atoms. The highest BCUT2D eigenvalue weighted by Crippen LogP contribution is 2.48. The Hall–Kier alpha value is -4.36. The lowest BCUT2D eigenvalue weighted by Gasteiger charge is -2.47. The van der Waals surface area contributed by atoms with Gasteiger partial charge in [0.25, 0.3) is 0 Å². The van der Waals surface area contributed by atoms with Crippen LogP contribution in [-0.4, -0.2) is 119 Å². The van der Waals surface area contributed by atoms with Crippen molar-refractivity contribution in [2.24, 2.45) is 46.4 Å². The molecular weight excluding hydrogens is 785 g/mol. The highest BCUT2D eigenvalue weighted by molar-refractivity contribution is 6.03. The molecule has 3 aliphatic rings. The maximum absolute atomic E-state index is 14.7. The molecule has 17 nitrogen and oxygen atoms in total. The molecule has 60 heavy (non-hydrogen) atoms. The number of aliphatic hydroxyl groups is 1. The number of cyclic esters (lactones) is 1. The van der Waals surface area contributed by atoms with Crippen molar-refractivity contribution in [1.82, 2.24) is 15.0 Å². The van der Waals surface area contributed by atoms with E-state index in [1.54, 1.807) is 41.5 Å². The van der Waals surface area contributed by atoms with Crippen LogP contribution >= 0.6 is 0 Å². The van der Waals surface area contributed by atoms with Crippen molar-refractivity contribution in [3.05, 3.63) is 36.0 Å². The van der Waals surface area contributed by atoms with Crippen molar-refractivity contribution >= 4 is 29.3 Å². The lowest BCUT2D eigenvalue weighted by molar-refractivity contribution is -0.295. The number of ketones is 2. The molecule has 6 unspecified atom stereocenters. The van der Waals surface area contributed by atoms with E-state index >= 15 is 0 Å². The standard InChI is InChI=1S/C42H60FN5O12/c1-12-30-42(8)32(31(39(53)59-42)37(44)47-55-19-26-17-28(46-60-26)27-16-25(43)13-14-45-27)22(4)33(49)20(2)18-41(7,54-11)36(23(5)34(50)24(6)38(52)57-30)58-40-35(51)29(48(9)10)15-21(3)56-40/h13-14,16-17,20-24,29-32,35-36,40,51H,12,15,18-19H2,1-11H3,(H2,44,47)/t20-,21?,22-,23+,24-,29?,30-,31?,32?,35?,36-,40?,41+,42-/m1/s1. The van der Waals surface area contributed by atoms with Gasteiger partial charge in [-0.05, 0) is 67.1 Å². The van der Waals surface area contributed by atoms with Crippen LogP contribution in [0.5, 0.6) is 0 Å². The third kappa shape index (κ3) is 9.42. The Morgan fingerprint density at radius 2 is 1.75 bits per heavy atom. The fourth-order valence-corrected chi connectivity index (χ4v) is 9.22. The number of oxime groups is 1. The number of nitrogens with zero attached hydrogens (tertiary/aromatic N) is 4. The number of likely N-dealkylation sites (N-methyl/N-ethyl adjacent to an activating group) is 1. The smallest absolute Gasteiger partial charge is 0.317 e. The number of hydrogen-bond donors (Lipinski definition) is 2. The number of carbonyl (C=O) groups excluding carboxylic acids is 4. The number of ether oxygens (including phenoxy) is 5. The number of Topliss-reactive ketones (excluding diaryl/α,β-unsaturated/α-hetero) is 2. The first kappa shape index (κ1) is 46.7. The van der Waals surface area contributed by atoms with Gasteiger partial charge in [-0.25, -0.2) is 4.39 Å². The van der Waals surface area contributed by atoms with Crippen LogP contribution in [0.4, 0.5) is 4.39 Å². The molecule has 0 radical (unpaired) electrons. The van der Waals surface area contributed by atoms with Gasteiger partial charge < -0.3 is 48.8 Å². The summed E-state index contributed by atoms with van der Waals surface area (Å²) in [5.41, 5.74) is 4.02. The molecular formula is C42H60FN5O12. The SMILES string of the molecule is CC[C@H]1OC(=O)[C@H](C)C(=O)[C@H](C)[C@@H](OC2OC(C)CC(N(C)C)C2O)[C@@](C)(OC)C[C@@H](C)C(=O)[C@H](C)C2C(/C(N)=N\OCc3cc(-c4cc(F)ccn4)no3)C(=O)O[C@@]21C. The van der Waals surface area contributed by atoms with Gasteiger partial charge in [-0.15, -0.1) is 0 Å². The Labute approximate surface area is 349 Å². The first-order valence-corrected chi connectivity index (χ1v) is 20.4. The summed E-state index contributed by atoms with van der Waals surface area (Å²) < 4.78 is 50.0. The highest BCUT2D eigenvalue weighted by atomic mass is 19.1. The summed E-state index contributed by atoms with van der Waals surface area (Å²) in [6.07, 6.45) is -2.81. The Morgan fingerprint density at radius 3 is 2.38 bits per heavy atom. The zero-order chi connectivity index (χ0) is 44.4. The third-order valence-corrected chi connectivity index (χ3v) is 12.6. The van der Waals surface area contributed by atoms with Crippen LogP contribution in [0.2, 0.25) is 0 Å². The molecule has 3 saturated heterocycles. The number of carbonyl (C=O) groups is 4. The molecule has 2 aromatic rings. The Kier molecular flexibility index (Phi) is 14.6. The number of hydrogen-bond acceptors (Lipinski definition) is 16. The molecule has 14 atom stereocenters. The summed E-state index contributed by atoms with van der Waals surface area (Å²) in [4.78, 5) is 68.3. The van der Waals surface area contributed by atoms with Gasteiger partial charge in [0, 0.05) is 55.2 Å². The predicted molar refractivity (Wildman–Crippen MR) is 212 cm³/mol. The first-order chi connectivity index (χ1) is 28.2. The molecule has 0 aliphatic carbocycles. The van der Waals surface area contributed by atoms with Gasteiger partial charge in [-0.1, -0.05) is 38.0 Å². The normalized spacial score (nSPS) is 37.3. The molecule has 0 spiro atoms. The Balaban J connectivity index is 1.49. The first-order valence-electron chi connectivity index (χ1n) is 20.4.